The lowest BCUT2D eigenvalue weighted by Crippen LogP contribution is -2.20. The molecule has 0 spiro atoms. The Morgan fingerprint density at radius 1 is 1.21 bits per heavy atom. The molecule has 4 aromatic rings. The van der Waals surface area contributed by atoms with Gasteiger partial charge in [0.1, 0.15) is 17.8 Å². The first-order chi connectivity index (χ1) is 15.8. The molecule has 1 saturated carbocycles. The van der Waals surface area contributed by atoms with Gasteiger partial charge in [-0.05, 0) is 49.1 Å². The Balaban J connectivity index is 1.53. The van der Waals surface area contributed by atoms with Crippen LogP contribution in [0.2, 0.25) is 0 Å². The molecule has 3 aromatic heterocycles. The second-order valence-corrected chi connectivity index (χ2v) is 9.94. The maximum atomic E-state index is 13.4. The van der Waals surface area contributed by atoms with Crippen LogP contribution in [0, 0.1) is 5.82 Å². The Morgan fingerprint density at radius 2 is 1.97 bits per heavy atom. The van der Waals surface area contributed by atoms with Crippen molar-refractivity contribution >= 4 is 26.4 Å². The van der Waals surface area contributed by atoms with Crippen molar-refractivity contribution in [2.45, 2.75) is 37.5 Å². The molecule has 33 heavy (non-hydrogen) atoms. The quantitative estimate of drug-likeness (QED) is 0.435. The highest BCUT2D eigenvalue weighted by molar-refractivity contribution is 7.90. The van der Waals surface area contributed by atoms with Crippen LogP contribution in [0.25, 0.3) is 22.3 Å². The van der Waals surface area contributed by atoms with Gasteiger partial charge in [0.2, 0.25) is 9.84 Å². The molecule has 0 saturated heterocycles. The van der Waals surface area contributed by atoms with Gasteiger partial charge in [-0.25, -0.2) is 22.5 Å². The average Bonchev–Trinajstić information content (AvgIpc) is 3.32. The maximum absolute atomic E-state index is 13.4. The van der Waals surface area contributed by atoms with Crippen LogP contribution in [0.15, 0.2) is 64.3 Å². The van der Waals surface area contributed by atoms with Gasteiger partial charge in [0.25, 0.3) is 0 Å². The van der Waals surface area contributed by atoms with Crippen LogP contribution in [0.4, 0.5) is 4.39 Å². The lowest BCUT2D eigenvalue weighted by molar-refractivity contribution is 0.431. The minimum Gasteiger partial charge on any atom is -0.436 e. The van der Waals surface area contributed by atoms with Crippen molar-refractivity contribution in [1.82, 2.24) is 25.1 Å². The molecule has 0 aliphatic heterocycles. The summed E-state index contributed by atoms with van der Waals surface area (Å²) in [5.41, 5.74) is 5.17. The van der Waals surface area contributed by atoms with Crippen molar-refractivity contribution < 1.29 is 17.2 Å². The van der Waals surface area contributed by atoms with Gasteiger partial charge in [0.05, 0.1) is 29.6 Å². The zero-order valence-electron chi connectivity index (χ0n) is 18.1. The van der Waals surface area contributed by atoms with E-state index in [9.17, 15) is 12.8 Å². The summed E-state index contributed by atoms with van der Waals surface area (Å²) in [5.74, 6) is -0.309. The molecule has 3 heterocycles. The van der Waals surface area contributed by atoms with Crippen molar-refractivity contribution in [3.63, 3.8) is 0 Å². The number of pyridine rings is 1. The van der Waals surface area contributed by atoms with E-state index in [2.05, 4.69) is 20.4 Å². The highest BCUT2D eigenvalue weighted by Gasteiger charge is 2.26. The summed E-state index contributed by atoms with van der Waals surface area (Å²) in [6.45, 7) is 1.99. The number of nitrogens with zero attached hydrogens (tertiary/aromatic N) is 4. The fourth-order valence-electron chi connectivity index (χ4n) is 3.77. The fourth-order valence-corrected chi connectivity index (χ4v) is 4.26. The number of benzene rings is 1. The SMILES string of the molecule is CC[C@H](NC(=C1CC1)c1cncc2c1cnn2-c1ccc(F)cc1)c1coc(S(C)(=O)=O)n1. The van der Waals surface area contributed by atoms with Crippen molar-refractivity contribution in [3.05, 3.63) is 71.8 Å². The predicted octanol–water partition coefficient (Wildman–Crippen LogP) is 4.20. The summed E-state index contributed by atoms with van der Waals surface area (Å²) in [6.07, 6.45) is 10.4. The third-order valence-corrected chi connectivity index (χ3v) is 6.41. The molecular weight excluding hydrogens is 445 g/mol. The van der Waals surface area contributed by atoms with Crippen LogP contribution < -0.4 is 5.32 Å². The van der Waals surface area contributed by atoms with Gasteiger partial charge >= 0.3 is 5.22 Å². The molecule has 0 radical (unpaired) electrons. The predicted molar refractivity (Wildman–Crippen MR) is 121 cm³/mol. The molecule has 1 aromatic carbocycles. The summed E-state index contributed by atoms with van der Waals surface area (Å²) < 4.78 is 43.9. The number of hydrogen-bond acceptors (Lipinski definition) is 7. The molecule has 0 unspecified atom stereocenters. The summed E-state index contributed by atoms with van der Waals surface area (Å²) in [6, 6.07) is 5.89. The van der Waals surface area contributed by atoms with Gasteiger partial charge in [-0.1, -0.05) is 6.92 Å². The number of halogens is 1. The first-order valence-corrected chi connectivity index (χ1v) is 12.5. The number of aromatic nitrogens is 4. The minimum absolute atomic E-state index is 0.241. The Hall–Kier alpha value is -3.53. The third kappa shape index (κ3) is 4.13. The summed E-state index contributed by atoms with van der Waals surface area (Å²) in [7, 11) is -3.53. The number of rotatable bonds is 7. The molecule has 1 aliphatic rings. The topological polar surface area (TPSA) is 103 Å². The van der Waals surface area contributed by atoms with Crippen LogP contribution in [0.3, 0.4) is 0 Å². The lowest BCUT2D eigenvalue weighted by Gasteiger charge is -2.19. The molecule has 0 bridgehead atoms. The first-order valence-electron chi connectivity index (χ1n) is 10.6. The molecule has 1 aliphatic carbocycles. The molecule has 1 atom stereocenters. The highest BCUT2D eigenvalue weighted by atomic mass is 32.2. The van der Waals surface area contributed by atoms with E-state index in [1.54, 1.807) is 35.4 Å². The Bertz CT molecular complexity index is 1470. The first kappa shape index (κ1) is 21.3. The van der Waals surface area contributed by atoms with Crippen molar-refractivity contribution in [2.75, 3.05) is 6.26 Å². The van der Waals surface area contributed by atoms with Crippen molar-refractivity contribution in [2.24, 2.45) is 0 Å². The monoisotopic (exact) mass is 467 g/mol. The molecule has 1 fully saturated rings. The van der Waals surface area contributed by atoms with Gasteiger partial charge < -0.3 is 9.73 Å². The number of fused-ring (bicyclic) bond motifs is 1. The zero-order chi connectivity index (χ0) is 23.2. The van der Waals surface area contributed by atoms with Crippen LogP contribution in [-0.2, 0) is 9.84 Å². The Morgan fingerprint density at radius 3 is 2.61 bits per heavy atom. The van der Waals surface area contributed by atoms with Gasteiger partial charge in [-0.3, -0.25) is 4.98 Å². The molecule has 8 nitrogen and oxygen atoms in total. The second kappa shape index (κ2) is 8.11. The van der Waals surface area contributed by atoms with E-state index in [1.807, 2.05) is 6.92 Å². The van der Waals surface area contributed by atoms with Crippen LogP contribution in [0.5, 0.6) is 0 Å². The van der Waals surface area contributed by atoms with Gasteiger partial charge in [0, 0.05) is 29.1 Å². The number of oxazole rings is 1. The number of sulfone groups is 1. The summed E-state index contributed by atoms with van der Waals surface area (Å²) in [4.78, 5) is 8.63. The van der Waals surface area contributed by atoms with Gasteiger partial charge in [-0.15, -0.1) is 0 Å². The van der Waals surface area contributed by atoms with Crippen molar-refractivity contribution in [3.8, 4) is 5.69 Å². The van der Waals surface area contributed by atoms with Gasteiger partial charge in [-0.2, -0.15) is 5.10 Å². The average molecular weight is 468 g/mol. The van der Waals surface area contributed by atoms with Crippen molar-refractivity contribution in [1.29, 1.82) is 0 Å². The van der Waals surface area contributed by atoms with E-state index < -0.39 is 9.84 Å². The maximum Gasteiger partial charge on any atom is 0.314 e. The molecule has 170 valence electrons. The van der Waals surface area contributed by atoms with Crippen LogP contribution in [0.1, 0.15) is 43.5 Å². The molecule has 5 rings (SSSR count). The minimum atomic E-state index is -3.53. The number of nitrogens with one attached hydrogen (secondary N) is 1. The van der Waals surface area contributed by atoms with Gasteiger partial charge in [0.15, 0.2) is 0 Å². The van der Waals surface area contributed by atoms with E-state index in [4.69, 9.17) is 4.42 Å². The Labute approximate surface area is 190 Å². The van der Waals surface area contributed by atoms with E-state index in [-0.39, 0.29) is 17.1 Å². The largest absolute Gasteiger partial charge is 0.436 e. The number of hydrogen-bond donors (Lipinski definition) is 1. The van der Waals surface area contributed by atoms with Crippen LogP contribution in [-0.4, -0.2) is 34.4 Å². The van der Waals surface area contributed by atoms with E-state index in [0.717, 1.165) is 46.9 Å². The highest BCUT2D eigenvalue weighted by Crippen LogP contribution is 2.38. The lowest BCUT2D eigenvalue weighted by atomic mass is 10.1. The smallest absolute Gasteiger partial charge is 0.314 e. The normalized spacial score (nSPS) is 14.5. The molecular formula is C23H22FN5O3S. The zero-order valence-corrected chi connectivity index (χ0v) is 18.9. The molecule has 0 amide bonds. The second-order valence-electron chi connectivity index (χ2n) is 8.05. The summed E-state index contributed by atoms with van der Waals surface area (Å²) in [5, 5.41) is 8.68. The van der Waals surface area contributed by atoms with Crippen LogP contribution >= 0.6 is 0 Å². The third-order valence-electron chi connectivity index (χ3n) is 5.59. The summed E-state index contributed by atoms with van der Waals surface area (Å²) >= 11 is 0. The number of allylic oxidation sites excluding steroid dienone is 1. The fraction of sp³-hybridized carbons (Fsp3) is 0.261. The van der Waals surface area contributed by atoms with E-state index in [0.29, 0.717) is 12.1 Å². The molecule has 10 heteroatoms. The Kier molecular flexibility index (Phi) is 5.24. The van der Waals surface area contributed by atoms with E-state index >= 15 is 0 Å². The molecule has 1 N–H and O–H groups in total. The van der Waals surface area contributed by atoms with E-state index in [1.165, 1.54) is 24.0 Å². The standard InChI is InChI=1S/C23H22FN5O3S/c1-3-19(20-13-32-23(28-20)33(2,30)31)27-22(14-4-5-14)18-10-25-12-21-17(18)11-26-29(21)16-8-6-15(24)7-9-16/h6-13,19,27H,3-5H2,1-2H3/t19-/m0/s1.